The second-order valence-corrected chi connectivity index (χ2v) is 11.3. The van der Waals surface area contributed by atoms with Crippen LogP contribution in [-0.4, -0.2) is 73.8 Å². The van der Waals surface area contributed by atoms with Crippen molar-refractivity contribution in [3.8, 4) is 5.75 Å². The average Bonchev–Trinajstić information content (AvgIpc) is 3.52. The summed E-state index contributed by atoms with van der Waals surface area (Å²) in [4.78, 5) is 24.7. The number of nitrogen functional groups attached to an aromatic ring is 2. The molecule has 1 unspecified atom stereocenters. The van der Waals surface area contributed by atoms with Crippen LogP contribution in [0.5, 0.6) is 5.75 Å². The van der Waals surface area contributed by atoms with Crippen LogP contribution in [0.2, 0.25) is 0 Å². The molecular weight excluding hydrogens is 533 g/mol. The summed E-state index contributed by atoms with van der Waals surface area (Å²) in [7, 11) is -4.21. The Kier molecular flexibility index (Phi) is 7.22. The number of carbonyl (C=O) groups is 1. The van der Waals surface area contributed by atoms with Gasteiger partial charge in [0.1, 0.15) is 35.1 Å². The van der Waals surface area contributed by atoms with Crippen molar-refractivity contribution in [3.05, 3.63) is 36.7 Å². The highest BCUT2D eigenvalue weighted by atomic mass is 31.2. The molecule has 15 nitrogen and oxygen atoms in total. The van der Waals surface area contributed by atoms with Gasteiger partial charge < -0.3 is 35.3 Å². The van der Waals surface area contributed by atoms with Gasteiger partial charge in [-0.1, -0.05) is 18.2 Å². The van der Waals surface area contributed by atoms with E-state index < -0.39 is 50.4 Å². The van der Waals surface area contributed by atoms with Crippen molar-refractivity contribution in [1.82, 2.24) is 24.6 Å². The molecule has 16 heteroatoms. The predicted octanol–water partition coefficient (Wildman–Crippen LogP) is 1.15. The number of rotatable bonds is 10. The zero-order valence-electron chi connectivity index (χ0n) is 21.5. The van der Waals surface area contributed by atoms with Gasteiger partial charge in [-0.25, -0.2) is 9.55 Å². The van der Waals surface area contributed by atoms with E-state index in [0.717, 1.165) is 0 Å². The number of aliphatic hydroxyl groups is 1. The van der Waals surface area contributed by atoms with Crippen molar-refractivity contribution in [2.24, 2.45) is 0 Å². The number of fused-ring (bicyclic) bond motifs is 3. The Bertz CT molecular complexity index is 1410. The van der Waals surface area contributed by atoms with Gasteiger partial charge in [0, 0.05) is 0 Å². The van der Waals surface area contributed by atoms with Gasteiger partial charge in [-0.15, -0.1) is 0 Å². The van der Waals surface area contributed by atoms with Gasteiger partial charge in [-0.05, 0) is 32.9 Å². The fourth-order valence-electron chi connectivity index (χ4n) is 4.41. The van der Waals surface area contributed by atoms with Gasteiger partial charge in [0.25, 0.3) is 0 Å². The van der Waals surface area contributed by atoms with Gasteiger partial charge in [0.15, 0.2) is 17.7 Å². The maximum Gasteiger partial charge on any atom is 0.459 e. The van der Waals surface area contributed by atoms with E-state index in [4.69, 9.17) is 34.7 Å². The Labute approximate surface area is 223 Å². The second-order valence-electron chi connectivity index (χ2n) is 9.60. The molecule has 6 N–H and O–H groups in total. The predicted molar refractivity (Wildman–Crippen MR) is 137 cm³/mol. The van der Waals surface area contributed by atoms with Crippen LogP contribution in [-0.2, 0) is 28.1 Å². The topological polar surface area (TPSA) is 208 Å². The summed E-state index contributed by atoms with van der Waals surface area (Å²) in [5, 5.41) is 13.7. The third kappa shape index (κ3) is 5.29. The molecule has 0 saturated carbocycles. The number of benzene rings is 1. The van der Waals surface area contributed by atoms with Crippen LogP contribution in [0.1, 0.15) is 27.0 Å². The molecule has 5 rings (SSSR count). The minimum atomic E-state index is -4.21. The summed E-state index contributed by atoms with van der Waals surface area (Å²) in [6.07, 6.45) is -1.83. The molecule has 4 heterocycles. The van der Waals surface area contributed by atoms with Crippen LogP contribution >= 0.6 is 7.75 Å². The number of nitrogens with zero attached hydrogens (tertiary/aromatic N) is 4. The largest absolute Gasteiger partial charge is 0.462 e. The normalized spacial score (nSPS) is 26.5. The Morgan fingerprint density at radius 1 is 1.28 bits per heavy atom. The lowest BCUT2D eigenvalue weighted by Gasteiger charge is -2.32. The quantitative estimate of drug-likeness (QED) is 0.202. The zero-order valence-corrected chi connectivity index (χ0v) is 22.4. The Morgan fingerprint density at radius 3 is 2.74 bits per heavy atom. The lowest BCUT2D eigenvalue weighted by atomic mass is 10.0. The van der Waals surface area contributed by atoms with Crippen LogP contribution in [0.3, 0.4) is 0 Å². The van der Waals surface area contributed by atoms with Crippen LogP contribution in [0.15, 0.2) is 36.7 Å². The maximum absolute atomic E-state index is 13.9. The molecule has 1 aromatic carbocycles. The summed E-state index contributed by atoms with van der Waals surface area (Å²) in [5.74, 6) is -0.368. The highest BCUT2D eigenvalue weighted by molar-refractivity contribution is 7.52. The Morgan fingerprint density at radius 2 is 2.03 bits per heavy atom. The van der Waals surface area contributed by atoms with Gasteiger partial charge in [0.2, 0.25) is 5.95 Å². The summed E-state index contributed by atoms with van der Waals surface area (Å²) >= 11 is 0. The van der Waals surface area contributed by atoms with E-state index >= 15 is 0 Å². The molecule has 6 atom stereocenters. The highest BCUT2D eigenvalue weighted by Crippen LogP contribution is 2.50. The van der Waals surface area contributed by atoms with Crippen molar-refractivity contribution in [2.45, 2.75) is 57.0 Å². The molecule has 210 valence electrons. The van der Waals surface area contributed by atoms with Crippen molar-refractivity contribution in [2.75, 3.05) is 24.7 Å². The van der Waals surface area contributed by atoms with E-state index in [9.17, 15) is 14.5 Å². The number of nitrogens with two attached hydrogens (primary N) is 2. The fourth-order valence-corrected chi connectivity index (χ4v) is 5.96. The molecule has 3 aromatic rings. The van der Waals surface area contributed by atoms with E-state index in [1.165, 1.54) is 17.8 Å². The first kappa shape index (κ1) is 27.2. The number of nitrogens with one attached hydrogen (secondary N) is 1. The number of imidazole rings is 1. The van der Waals surface area contributed by atoms with Gasteiger partial charge in [0.05, 0.1) is 25.6 Å². The molecule has 2 aromatic heterocycles. The summed E-state index contributed by atoms with van der Waals surface area (Å²) in [6, 6.07) is 7.28. The maximum atomic E-state index is 13.9. The van der Waals surface area contributed by atoms with Crippen LogP contribution in [0.25, 0.3) is 11.2 Å². The van der Waals surface area contributed by atoms with Crippen molar-refractivity contribution in [3.63, 3.8) is 0 Å². The van der Waals surface area contributed by atoms with E-state index in [-0.39, 0.29) is 30.2 Å². The molecule has 2 aliphatic rings. The lowest BCUT2D eigenvalue weighted by Crippen LogP contribution is -2.46. The van der Waals surface area contributed by atoms with Crippen LogP contribution < -0.4 is 21.1 Å². The third-order valence-electron chi connectivity index (χ3n) is 6.25. The minimum Gasteiger partial charge on any atom is -0.462 e. The third-order valence-corrected chi connectivity index (χ3v) is 7.88. The Balaban J connectivity index is 1.37. The molecule has 0 spiro atoms. The standard InChI is InChI=1S/C23H30N7O8P/c1-12(2)36-21(32)13(3)29-39(33,38-14-7-5-4-6-8-14)35-10-23-9-34-16(17(23)31)20(37-23)30-11-26-15-18(24)27-22(25)28-19(15)30/h4-8,11-13,16-17,20,31H,9-10H2,1-3H3,(H,29,33)(H4,24,25,27,28)/t13-,16-,17+,20?,23-,39-/m1/s1. The number of hydrogen-bond acceptors (Lipinski definition) is 13. The van der Waals surface area contributed by atoms with Crippen molar-refractivity contribution in [1.29, 1.82) is 0 Å². The summed E-state index contributed by atoms with van der Waals surface area (Å²) in [6.45, 7) is 4.41. The second kappa shape index (κ2) is 10.3. The molecule has 2 aliphatic heterocycles. The molecule has 0 aliphatic carbocycles. The fraction of sp³-hybridized carbons (Fsp3) is 0.478. The van der Waals surface area contributed by atoms with Crippen molar-refractivity contribution < 1.29 is 37.7 Å². The van der Waals surface area contributed by atoms with Gasteiger partial charge in [-0.2, -0.15) is 15.1 Å². The molecule has 39 heavy (non-hydrogen) atoms. The Hall–Kier alpha value is -3.33. The number of para-hydroxylation sites is 1. The number of hydrogen-bond donors (Lipinski definition) is 4. The number of esters is 1. The smallest absolute Gasteiger partial charge is 0.459 e. The van der Waals surface area contributed by atoms with Crippen LogP contribution in [0, 0.1) is 0 Å². The number of aliphatic hydroxyl groups excluding tert-OH is 1. The molecular formula is C23H30N7O8P. The number of aromatic nitrogens is 4. The SMILES string of the molecule is CC(C)OC(=O)[C@@H](C)N[P@@](=O)(OC[C@@]12CO[C@@H](C(n3cnc4c(N)nc(N)nc43)O1)[C@@H]2O)Oc1ccccc1. The molecule has 2 bridgehead atoms. The van der Waals surface area contributed by atoms with E-state index in [0.29, 0.717) is 11.2 Å². The lowest BCUT2D eigenvalue weighted by molar-refractivity contribution is -0.183. The van der Waals surface area contributed by atoms with Crippen LogP contribution in [0.4, 0.5) is 11.8 Å². The van der Waals surface area contributed by atoms with Crippen molar-refractivity contribution >= 4 is 36.6 Å². The summed E-state index contributed by atoms with van der Waals surface area (Å²) < 4.78 is 44.1. The van der Waals surface area contributed by atoms with Gasteiger partial charge >= 0.3 is 13.7 Å². The number of ether oxygens (including phenoxy) is 3. The monoisotopic (exact) mass is 563 g/mol. The van der Waals surface area contributed by atoms with E-state index in [1.807, 2.05) is 0 Å². The van der Waals surface area contributed by atoms with E-state index in [2.05, 4.69) is 20.0 Å². The zero-order chi connectivity index (χ0) is 27.9. The molecule has 2 saturated heterocycles. The average molecular weight is 564 g/mol. The molecule has 0 amide bonds. The minimum absolute atomic E-state index is 0.0559. The first-order chi connectivity index (χ1) is 18.5. The summed E-state index contributed by atoms with van der Waals surface area (Å²) in [5.41, 5.74) is 10.8. The number of anilines is 2. The van der Waals surface area contributed by atoms with Gasteiger partial charge in [-0.3, -0.25) is 13.9 Å². The molecule has 2 fully saturated rings. The first-order valence-corrected chi connectivity index (χ1v) is 13.7. The number of carbonyl (C=O) groups excluding carboxylic acids is 1. The first-order valence-electron chi connectivity index (χ1n) is 12.2. The highest BCUT2D eigenvalue weighted by Gasteiger charge is 2.63. The van der Waals surface area contributed by atoms with E-state index in [1.54, 1.807) is 44.2 Å². The molecule has 0 radical (unpaired) electrons.